The molecule has 0 aliphatic heterocycles. The van der Waals surface area contributed by atoms with E-state index in [0.29, 0.717) is 6.42 Å². The first kappa shape index (κ1) is 14.3. The summed E-state index contributed by atoms with van der Waals surface area (Å²) < 4.78 is 14.7. The molecule has 86 valence electrons. The highest BCUT2D eigenvalue weighted by atomic mass is 31.2. The Hall–Kier alpha value is -0.740. The molecule has 5 nitrogen and oxygen atoms in total. The predicted molar refractivity (Wildman–Crippen MR) is 56.7 cm³/mol. The van der Waals surface area contributed by atoms with Gasteiger partial charge in [-0.3, -0.25) is 4.89 Å². The average Bonchev–Trinajstić information content (AvgIpc) is 2.23. The molecule has 0 heterocycles. The summed E-state index contributed by atoms with van der Waals surface area (Å²) in [6, 6.07) is 0. The minimum Gasteiger partial charge on any atom is -0.313 e. The van der Waals surface area contributed by atoms with E-state index in [1.54, 1.807) is 6.08 Å². The zero-order valence-corrected chi connectivity index (χ0v) is 9.74. The molecule has 0 rings (SSSR count). The van der Waals surface area contributed by atoms with Crippen LogP contribution in [0.1, 0.15) is 13.3 Å². The summed E-state index contributed by atoms with van der Waals surface area (Å²) in [7, 11) is -0.289. The van der Waals surface area contributed by atoms with Crippen LogP contribution >= 0.6 is 8.60 Å². The molecule has 0 aliphatic carbocycles. The fraction of sp³-hybridized carbons (Fsp3) is 0.444. The average molecular weight is 234 g/mol. The van der Waals surface area contributed by atoms with Crippen LogP contribution in [-0.4, -0.2) is 19.2 Å². The highest BCUT2D eigenvalue weighted by Crippen LogP contribution is 2.40. The number of rotatable bonds is 8. The smallest absolute Gasteiger partial charge is 0.313 e. The lowest BCUT2D eigenvalue weighted by molar-refractivity contribution is -0.213. The fourth-order valence-corrected chi connectivity index (χ4v) is 1.31. The Kier molecular flexibility index (Phi) is 8.14. The Morgan fingerprint density at radius 3 is 2.67 bits per heavy atom. The standard InChI is InChI=1S/C9H15O5P/c1-5-7-8(3)13-15(11-4)14-12-9(10)6-2/h5-6,8H,1-2,7H2,3-4H3. The van der Waals surface area contributed by atoms with E-state index in [1.165, 1.54) is 7.11 Å². The SMILES string of the molecule is C=CCC(C)OP(OC)OOC(=O)C=C. The summed E-state index contributed by atoms with van der Waals surface area (Å²) in [6.07, 6.45) is 3.23. The highest BCUT2D eigenvalue weighted by Gasteiger charge is 2.17. The van der Waals surface area contributed by atoms with Gasteiger partial charge in [0.25, 0.3) is 0 Å². The first-order chi connectivity index (χ1) is 7.13. The molecule has 0 amide bonds. The van der Waals surface area contributed by atoms with Crippen molar-refractivity contribution >= 4 is 14.6 Å². The zero-order valence-electron chi connectivity index (χ0n) is 8.84. The quantitative estimate of drug-likeness (QED) is 0.212. The zero-order chi connectivity index (χ0) is 11.7. The van der Waals surface area contributed by atoms with Crippen molar-refractivity contribution in [2.24, 2.45) is 0 Å². The monoisotopic (exact) mass is 234 g/mol. The predicted octanol–water partition coefficient (Wildman–Crippen LogP) is 2.50. The Balaban J connectivity index is 3.86. The summed E-state index contributed by atoms with van der Waals surface area (Å²) in [5.41, 5.74) is 0. The Labute approximate surface area is 90.6 Å². The van der Waals surface area contributed by atoms with Gasteiger partial charge in [0, 0.05) is 13.2 Å². The lowest BCUT2D eigenvalue weighted by Crippen LogP contribution is -2.07. The van der Waals surface area contributed by atoms with Gasteiger partial charge in [-0.1, -0.05) is 12.7 Å². The van der Waals surface area contributed by atoms with Crippen molar-refractivity contribution in [2.75, 3.05) is 7.11 Å². The van der Waals surface area contributed by atoms with Gasteiger partial charge in [-0.05, 0) is 13.3 Å². The molecular weight excluding hydrogens is 219 g/mol. The largest absolute Gasteiger partial charge is 0.376 e. The van der Waals surface area contributed by atoms with Gasteiger partial charge in [0.05, 0.1) is 6.10 Å². The molecule has 0 N–H and O–H groups in total. The molecule has 15 heavy (non-hydrogen) atoms. The molecule has 0 saturated carbocycles. The van der Waals surface area contributed by atoms with Gasteiger partial charge in [0.2, 0.25) is 0 Å². The van der Waals surface area contributed by atoms with Crippen LogP contribution in [0.3, 0.4) is 0 Å². The van der Waals surface area contributed by atoms with Crippen LogP contribution in [-0.2, 0) is 23.4 Å². The van der Waals surface area contributed by atoms with Gasteiger partial charge < -0.3 is 9.05 Å². The van der Waals surface area contributed by atoms with Gasteiger partial charge in [0.15, 0.2) is 0 Å². The second kappa shape index (κ2) is 8.56. The topological polar surface area (TPSA) is 54.0 Å². The van der Waals surface area contributed by atoms with Crippen molar-refractivity contribution in [3.05, 3.63) is 25.3 Å². The van der Waals surface area contributed by atoms with Gasteiger partial charge >= 0.3 is 14.6 Å². The van der Waals surface area contributed by atoms with Gasteiger partial charge in [0.1, 0.15) is 0 Å². The Morgan fingerprint density at radius 2 is 2.20 bits per heavy atom. The van der Waals surface area contributed by atoms with Crippen molar-refractivity contribution in [3.63, 3.8) is 0 Å². The number of carbonyl (C=O) groups is 1. The van der Waals surface area contributed by atoms with Gasteiger partial charge in [-0.2, -0.15) is 0 Å². The lowest BCUT2D eigenvalue weighted by Gasteiger charge is -2.16. The van der Waals surface area contributed by atoms with E-state index in [9.17, 15) is 4.79 Å². The maximum Gasteiger partial charge on any atom is 0.376 e. The van der Waals surface area contributed by atoms with E-state index in [1.807, 2.05) is 6.92 Å². The summed E-state index contributed by atoms with van der Waals surface area (Å²) in [5.74, 6) is -0.695. The third kappa shape index (κ3) is 7.22. The highest BCUT2D eigenvalue weighted by molar-refractivity contribution is 7.41. The van der Waals surface area contributed by atoms with E-state index in [-0.39, 0.29) is 6.10 Å². The lowest BCUT2D eigenvalue weighted by atomic mass is 10.3. The molecule has 0 radical (unpaired) electrons. The molecule has 0 aromatic rings. The van der Waals surface area contributed by atoms with Gasteiger partial charge in [-0.25, -0.2) is 4.79 Å². The summed E-state index contributed by atoms with van der Waals surface area (Å²) in [4.78, 5) is 15.0. The van der Waals surface area contributed by atoms with Crippen LogP contribution in [0, 0.1) is 0 Å². The minimum absolute atomic E-state index is 0.115. The maximum atomic E-state index is 10.7. The molecule has 0 aromatic carbocycles. The second-order valence-corrected chi connectivity index (χ2v) is 3.70. The number of hydrogen-bond acceptors (Lipinski definition) is 5. The summed E-state index contributed by atoms with van der Waals surface area (Å²) in [5, 5.41) is 0. The third-order valence-electron chi connectivity index (χ3n) is 1.26. The molecular formula is C9H15O5P. The van der Waals surface area contributed by atoms with Crippen LogP contribution in [0.4, 0.5) is 0 Å². The molecule has 0 bridgehead atoms. The molecule has 2 atom stereocenters. The van der Waals surface area contributed by atoms with Crippen molar-refractivity contribution in [1.82, 2.24) is 0 Å². The Bertz CT molecular complexity index is 219. The summed E-state index contributed by atoms with van der Waals surface area (Å²) in [6.45, 7) is 8.61. The fourth-order valence-electron chi connectivity index (χ4n) is 0.617. The number of hydrogen-bond donors (Lipinski definition) is 0. The molecule has 0 saturated heterocycles. The van der Waals surface area contributed by atoms with E-state index >= 15 is 0 Å². The van der Waals surface area contributed by atoms with E-state index in [0.717, 1.165) is 6.08 Å². The molecule has 2 unspecified atom stereocenters. The molecule has 6 heteroatoms. The molecule has 0 aliphatic rings. The first-order valence-electron chi connectivity index (χ1n) is 4.27. The number of carbonyl (C=O) groups excluding carboxylic acids is 1. The first-order valence-corrected chi connectivity index (χ1v) is 5.36. The minimum atomic E-state index is -1.69. The molecule has 0 spiro atoms. The van der Waals surface area contributed by atoms with E-state index in [2.05, 4.69) is 22.7 Å². The van der Waals surface area contributed by atoms with Crippen molar-refractivity contribution in [1.29, 1.82) is 0 Å². The molecule has 0 aromatic heterocycles. The van der Waals surface area contributed by atoms with E-state index in [4.69, 9.17) is 9.05 Å². The van der Waals surface area contributed by atoms with E-state index < -0.39 is 14.6 Å². The third-order valence-corrected chi connectivity index (χ3v) is 2.29. The summed E-state index contributed by atoms with van der Waals surface area (Å²) >= 11 is 0. The van der Waals surface area contributed by atoms with Crippen LogP contribution in [0.15, 0.2) is 25.3 Å². The van der Waals surface area contributed by atoms with Crippen LogP contribution in [0.25, 0.3) is 0 Å². The Morgan fingerprint density at radius 1 is 1.53 bits per heavy atom. The van der Waals surface area contributed by atoms with Crippen molar-refractivity contribution in [2.45, 2.75) is 19.4 Å². The van der Waals surface area contributed by atoms with Crippen molar-refractivity contribution in [3.8, 4) is 0 Å². The molecule has 0 fully saturated rings. The second-order valence-electron chi connectivity index (χ2n) is 2.53. The van der Waals surface area contributed by atoms with Crippen LogP contribution in [0.5, 0.6) is 0 Å². The van der Waals surface area contributed by atoms with Crippen LogP contribution < -0.4 is 0 Å². The van der Waals surface area contributed by atoms with Gasteiger partial charge in [-0.15, -0.1) is 11.3 Å². The van der Waals surface area contributed by atoms with Crippen LogP contribution in [0.2, 0.25) is 0 Å². The normalized spacial score (nSPS) is 14.0. The maximum absolute atomic E-state index is 10.7. The van der Waals surface area contributed by atoms with Crippen molar-refractivity contribution < 1.29 is 23.4 Å².